The lowest BCUT2D eigenvalue weighted by Gasteiger charge is -2.00. The van der Waals surface area contributed by atoms with Gasteiger partial charge in [-0.1, -0.05) is 0 Å². The summed E-state index contributed by atoms with van der Waals surface area (Å²) in [4.78, 5) is 0. The molecular formula is C8H8O2. The molecule has 2 unspecified atom stereocenters. The van der Waals surface area contributed by atoms with E-state index in [0.29, 0.717) is 6.79 Å². The third-order valence-corrected chi connectivity index (χ3v) is 2.29. The first kappa shape index (κ1) is 4.83. The van der Waals surface area contributed by atoms with Crippen LogP contribution < -0.4 is 0 Å². The summed E-state index contributed by atoms with van der Waals surface area (Å²) in [6.07, 6.45) is 5.67. The molecular weight excluding hydrogens is 128 g/mol. The highest BCUT2D eigenvalue weighted by Crippen LogP contribution is 2.47. The summed E-state index contributed by atoms with van der Waals surface area (Å²) in [5, 5.41) is 0. The number of hydrogen-bond acceptors (Lipinski definition) is 2. The minimum Gasteiger partial charge on any atom is -0.454 e. The van der Waals surface area contributed by atoms with Crippen molar-refractivity contribution in [3.8, 4) is 0 Å². The van der Waals surface area contributed by atoms with Crippen LogP contribution in [0, 0.1) is 11.8 Å². The summed E-state index contributed by atoms with van der Waals surface area (Å²) < 4.78 is 10.4. The van der Waals surface area contributed by atoms with E-state index in [4.69, 9.17) is 9.47 Å². The summed E-state index contributed by atoms with van der Waals surface area (Å²) in [7, 11) is 0. The third-order valence-electron chi connectivity index (χ3n) is 2.29. The topological polar surface area (TPSA) is 18.5 Å². The average Bonchev–Trinajstić information content (AvgIpc) is 2.52. The van der Waals surface area contributed by atoms with Crippen LogP contribution in [0.25, 0.3) is 0 Å². The fraction of sp³-hybridized carbons (Fsp3) is 0.500. The maximum atomic E-state index is 5.22. The van der Waals surface area contributed by atoms with Crippen molar-refractivity contribution in [2.45, 2.75) is 6.42 Å². The van der Waals surface area contributed by atoms with Gasteiger partial charge in [0, 0.05) is 0 Å². The quantitative estimate of drug-likeness (QED) is 0.501. The molecule has 3 aliphatic rings. The molecule has 0 amide bonds. The Balaban J connectivity index is 2.06. The molecule has 2 atom stereocenters. The smallest absolute Gasteiger partial charge is 0.231 e. The van der Waals surface area contributed by atoms with Crippen molar-refractivity contribution < 1.29 is 9.47 Å². The van der Waals surface area contributed by atoms with Crippen LogP contribution >= 0.6 is 0 Å². The molecule has 0 aromatic rings. The fourth-order valence-corrected chi connectivity index (χ4v) is 1.57. The van der Waals surface area contributed by atoms with Gasteiger partial charge < -0.3 is 9.47 Å². The van der Waals surface area contributed by atoms with Crippen LogP contribution in [0.15, 0.2) is 23.7 Å². The van der Waals surface area contributed by atoms with E-state index >= 15 is 0 Å². The van der Waals surface area contributed by atoms with Crippen LogP contribution in [0.2, 0.25) is 0 Å². The Hall–Kier alpha value is -0.920. The molecule has 2 fully saturated rings. The maximum absolute atomic E-state index is 5.22. The fourth-order valence-electron chi connectivity index (χ4n) is 1.57. The number of hydrogen-bond donors (Lipinski definition) is 0. The van der Waals surface area contributed by atoms with Crippen LogP contribution in [-0.2, 0) is 9.47 Å². The molecule has 0 bridgehead atoms. The lowest BCUT2D eigenvalue weighted by molar-refractivity contribution is 0.0975. The summed E-state index contributed by atoms with van der Waals surface area (Å²) in [6.45, 7) is 0.414. The highest BCUT2D eigenvalue weighted by molar-refractivity contribution is 5.33. The van der Waals surface area contributed by atoms with Gasteiger partial charge in [-0.15, -0.1) is 0 Å². The van der Waals surface area contributed by atoms with Gasteiger partial charge in [0.1, 0.15) is 0 Å². The predicted octanol–water partition coefficient (Wildman–Crippen LogP) is 1.41. The Morgan fingerprint density at radius 3 is 2.30 bits per heavy atom. The molecule has 0 aromatic heterocycles. The molecule has 2 aliphatic carbocycles. The van der Waals surface area contributed by atoms with Crippen molar-refractivity contribution in [1.82, 2.24) is 0 Å². The minimum absolute atomic E-state index is 0.414. The van der Waals surface area contributed by atoms with Gasteiger partial charge in [-0.25, -0.2) is 0 Å². The van der Waals surface area contributed by atoms with E-state index in [2.05, 4.69) is 12.2 Å². The molecule has 10 heavy (non-hydrogen) atoms. The zero-order valence-electron chi connectivity index (χ0n) is 5.54. The molecule has 0 N–H and O–H groups in total. The molecule has 2 heteroatoms. The van der Waals surface area contributed by atoms with E-state index < -0.39 is 0 Å². The molecule has 1 aliphatic heterocycles. The van der Waals surface area contributed by atoms with Crippen LogP contribution in [0.4, 0.5) is 0 Å². The molecule has 1 saturated heterocycles. The van der Waals surface area contributed by atoms with E-state index in [1.54, 1.807) is 0 Å². The molecule has 2 nitrogen and oxygen atoms in total. The van der Waals surface area contributed by atoms with Crippen LogP contribution in [0.3, 0.4) is 0 Å². The van der Waals surface area contributed by atoms with Gasteiger partial charge in [0.15, 0.2) is 11.5 Å². The van der Waals surface area contributed by atoms with Gasteiger partial charge >= 0.3 is 0 Å². The molecule has 52 valence electrons. The zero-order valence-corrected chi connectivity index (χ0v) is 5.54. The zero-order chi connectivity index (χ0) is 6.55. The lowest BCUT2D eigenvalue weighted by Crippen LogP contribution is -1.91. The first-order chi connectivity index (χ1) is 4.93. The molecule has 0 radical (unpaired) electrons. The summed E-state index contributed by atoms with van der Waals surface area (Å²) in [5.41, 5.74) is 0. The number of fused-ring (bicyclic) bond motifs is 2. The minimum atomic E-state index is 0.414. The third kappa shape index (κ3) is 0.491. The highest BCUT2D eigenvalue weighted by atomic mass is 16.7. The first-order valence-electron chi connectivity index (χ1n) is 3.63. The maximum Gasteiger partial charge on any atom is 0.231 e. The number of allylic oxidation sites excluding steroid dienone is 2. The Morgan fingerprint density at radius 1 is 1.10 bits per heavy atom. The SMILES string of the molecule is C1=C2OCOC2=CC2CC12. The van der Waals surface area contributed by atoms with Gasteiger partial charge in [-0.2, -0.15) is 0 Å². The summed E-state index contributed by atoms with van der Waals surface area (Å²) >= 11 is 0. The Labute approximate surface area is 59.1 Å². The molecule has 1 saturated carbocycles. The Kier molecular flexibility index (Phi) is 0.670. The van der Waals surface area contributed by atoms with Crippen LogP contribution in [-0.4, -0.2) is 6.79 Å². The van der Waals surface area contributed by atoms with E-state index in [1.165, 1.54) is 6.42 Å². The highest BCUT2D eigenvalue weighted by Gasteiger charge is 2.40. The Bertz CT molecular complexity index is 216. The second-order valence-corrected chi connectivity index (χ2v) is 3.03. The normalized spacial score (nSPS) is 40.0. The molecule has 0 aromatic carbocycles. The standard InChI is InChI=1S/C8H8O2/c1-5-2-7-8(3-6(1)5)10-4-9-7/h2-3,5-6H,1,4H2. The van der Waals surface area contributed by atoms with Crippen LogP contribution in [0.5, 0.6) is 0 Å². The summed E-state index contributed by atoms with van der Waals surface area (Å²) in [5.74, 6) is 3.47. The van der Waals surface area contributed by atoms with Crippen molar-refractivity contribution in [3.63, 3.8) is 0 Å². The molecule has 3 rings (SSSR count). The Morgan fingerprint density at radius 2 is 1.70 bits per heavy atom. The van der Waals surface area contributed by atoms with E-state index in [0.717, 1.165) is 23.4 Å². The molecule has 0 spiro atoms. The number of ether oxygens (including phenoxy) is 2. The van der Waals surface area contributed by atoms with Gasteiger partial charge in [-0.3, -0.25) is 0 Å². The van der Waals surface area contributed by atoms with E-state index in [1.807, 2.05) is 0 Å². The average molecular weight is 136 g/mol. The van der Waals surface area contributed by atoms with Gasteiger partial charge in [0.25, 0.3) is 0 Å². The monoisotopic (exact) mass is 136 g/mol. The second-order valence-electron chi connectivity index (χ2n) is 3.03. The van der Waals surface area contributed by atoms with Crippen molar-refractivity contribution in [3.05, 3.63) is 23.7 Å². The predicted molar refractivity (Wildman–Crippen MR) is 34.8 cm³/mol. The van der Waals surface area contributed by atoms with Crippen molar-refractivity contribution in [2.75, 3.05) is 6.79 Å². The van der Waals surface area contributed by atoms with Crippen LogP contribution in [0.1, 0.15) is 6.42 Å². The second kappa shape index (κ2) is 1.39. The largest absolute Gasteiger partial charge is 0.454 e. The van der Waals surface area contributed by atoms with E-state index in [-0.39, 0.29) is 0 Å². The first-order valence-corrected chi connectivity index (χ1v) is 3.63. The summed E-state index contributed by atoms with van der Waals surface area (Å²) in [6, 6.07) is 0. The van der Waals surface area contributed by atoms with Gasteiger partial charge in [0.2, 0.25) is 6.79 Å². The van der Waals surface area contributed by atoms with Crippen molar-refractivity contribution in [1.29, 1.82) is 0 Å². The van der Waals surface area contributed by atoms with Crippen molar-refractivity contribution >= 4 is 0 Å². The van der Waals surface area contributed by atoms with Gasteiger partial charge in [-0.05, 0) is 30.4 Å². The van der Waals surface area contributed by atoms with E-state index in [9.17, 15) is 0 Å². The number of rotatable bonds is 0. The lowest BCUT2D eigenvalue weighted by atomic mass is 10.1. The van der Waals surface area contributed by atoms with Gasteiger partial charge in [0.05, 0.1) is 0 Å². The molecule has 1 heterocycles. The van der Waals surface area contributed by atoms with Crippen molar-refractivity contribution in [2.24, 2.45) is 11.8 Å².